The molecule has 3 aromatic rings. The van der Waals surface area contributed by atoms with Crippen LogP contribution in [0.25, 0.3) is 0 Å². The summed E-state index contributed by atoms with van der Waals surface area (Å²) in [5.74, 6) is -0.503. The van der Waals surface area contributed by atoms with Gasteiger partial charge in [-0.25, -0.2) is 9.07 Å². The van der Waals surface area contributed by atoms with Crippen LogP contribution in [0.2, 0.25) is 5.15 Å². The van der Waals surface area contributed by atoms with Crippen molar-refractivity contribution in [2.75, 3.05) is 6.54 Å². The number of rotatable bonds is 7. The van der Waals surface area contributed by atoms with Gasteiger partial charge in [-0.3, -0.25) is 4.79 Å². The lowest BCUT2D eigenvalue weighted by Crippen LogP contribution is -2.32. The summed E-state index contributed by atoms with van der Waals surface area (Å²) in [6.45, 7) is 2.74. The first kappa shape index (κ1) is 20.0. The number of halogens is 2. The third-order valence-corrected chi connectivity index (χ3v) is 6.87. The van der Waals surface area contributed by atoms with E-state index in [1.807, 2.05) is 30.0 Å². The molecule has 150 valence electrons. The molecule has 4 nitrogen and oxygen atoms in total. The van der Waals surface area contributed by atoms with E-state index in [0.29, 0.717) is 29.5 Å². The lowest BCUT2D eigenvalue weighted by Gasteiger charge is -2.15. The minimum absolute atomic E-state index is 0.0570. The van der Waals surface area contributed by atoms with Crippen molar-refractivity contribution in [1.82, 2.24) is 15.1 Å². The quantitative estimate of drug-likeness (QED) is 0.569. The van der Waals surface area contributed by atoms with Crippen molar-refractivity contribution in [1.29, 1.82) is 0 Å². The van der Waals surface area contributed by atoms with Crippen LogP contribution in [0.5, 0.6) is 0 Å². The number of hydrogen-bond donors (Lipinski definition) is 1. The van der Waals surface area contributed by atoms with Crippen LogP contribution in [0.15, 0.2) is 59.5 Å². The molecule has 0 spiro atoms. The van der Waals surface area contributed by atoms with Gasteiger partial charge in [-0.15, -0.1) is 11.8 Å². The molecule has 0 atom stereocenters. The molecule has 1 amide bonds. The van der Waals surface area contributed by atoms with Crippen molar-refractivity contribution >= 4 is 29.3 Å². The Kier molecular flexibility index (Phi) is 5.65. The summed E-state index contributed by atoms with van der Waals surface area (Å²) in [4.78, 5) is 14.0. The summed E-state index contributed by atoms with van der Waals surface area (Å²) in [5, 5.41) is 7.74. The SMILES string of the molecule is Cc1nn(Cc2ccc(F)cc2)c(Cl)c1C(=O)NCC1(Sc2ccccc2)CC1. The smallest absolute Gasteiger partial charge is 0.256 e. The molecule has 1 heterocycles. The highest BCUT2D eigenvalue weighted by molar-refractivity contribution is 8.01. The molecule has 1 aliphatic rings. The number of aromatic nitrogens is 2. The van der Waals surface area contributed by atoms with Gasteiger partial charge in [-0.2, -0.15) is 5.10 Å². The average molecular weight is 430 g/mol. The number of nitrogens with one attached hydrogen (secondary N) is 1. The van der Waals surface area contributed by atoms with Gasteiger partial charge in [0.05, 0.1) is 17.8 Å². The fourth-order valence-corrected chi connectivity index (χ4v) is 4.77. The first-order valence-corrected chi connectivity index (χ1v) is 10.6. The summed E-state index contributed by atoms with van der Waals surface area (Å²) in [6.07, 6.45) is 2.15. The van der Waals surface area contributed by atoms with Crippen molar-refractivity contribution in [2.45, 2.75) is 36.0 Å². The topological polar surface area (TPSA) is 46.9 Å². The molecule has 4 rings (SSSR count). The first-order valence-electron chi connectivity index (χ1n) is 9.45. The van der Waals surface area contributed by atoms with Crippen molar-refractivity contribution < 1.29 is 9.18 Å². The molecule has 29 heavy (non-hydrogen) atoms. The van der Waals surface area contributed by atoms with Gasteiger partial charge in [-0.1, -0.05) is 41.9 Å². The van der Waals surface area contributed by atoms with Crippen molar-refractivity contribution in [3.8, 4) is 0 Å². The zero-order chi connectivity index (χ0) is 20.4. The molecule has 0 unspecified atom stereocenters. The molecule has 2 aromatic carbocycles. The average Bonchev–Trinajstić information content (AvgIpc) is 3.41. The van der Waals surface area contributed by atoms with Crippen LogP contribution >= 0.6 is 23.4 Å². The fourth-order valence-electron chi connectivity index (χ4n) is 3.20. The van der Waals surface area contributed by atoms with E-state index in [1.165, 1.54) is 17.0 Å². The number of benzene rings is 2. The molecule has 0 aliphatic heterocycles. The molecule has 7 heteroatoms. The maximum Gasteiger partial charge on any atom is 0.256 e. The zero-order valence-electron chi connectivity index (χ0n) is 16.0. The van der Waals surface area contributed by atoms with Gasteiger partial charge in [0.25, 0.3) is 5.91 Å². The highest BCUT2D eigenvalue weighted by Crippen LogP contribution is 2.51. The molecule has 0 bridgehead atoms. The second kappa shape index (κ2) is 8.20. The lowest BCUT2D eigenvalue weighted by molar-refractivity contribution is 0.0952. The van der Waals surface area contributed by atoms with Gasteiger partial charge in [0.2, 0.25) is 0 Å². The Morgan fingerprint density at radius 3 is 2.55 bits per heavy atom. The normalized spacial score (nSPS) is 14.6. The second-order valence-electron chi connectivity index (χ2n) is 7.32. The van der Waals surface area contributed by atoms with E-state index in [-0.39, 0.29) is 16.5 Å². The van der Waals surface area contributed by atoms with E-state index in [4.69, 9.17) is 11.6 Å². The van der Waals surface area contributed by atoms with Crippen LogP contribution in [0.1, 0.15) is 34.5 Å². The number of carbonyl (C=O) groups is 1. The van der Waals surface area contributed by atoms with Crippen LogP contribution in [-0.2, 0) is 6.54 Å². The third-order valence-electron chi connectivity index (χ3n) is 4.99. The predicted molar refractivity (Wildman–Crippen MR) is 114 cm³/mol. The predicted octanol–water partition coefficient (Wildman–Crippen LogP) is 5.09. The van der Waals surface area contributed by atoms with Gasteiger partial charge in [0.1, 0.15) is 11.0 Å². The van der Waals surface area contributed by atoms with E-state index in [2.05, 4.69) is 22.5 Å². The molecule has 0 saturated heterocycles. The lowest BCUT2D eigenvalue weighted by atomic mass is 10.2. The number of carbonyl (C=O) groups excluding carboxylic acids is 1. The number of nitrogens with zero attached hydrogens (tertiary/aromatic N) is 2. The molecule has 1 fully saturated rings. The number of amides is 1. The van der Waals surface area contributed by atoms with Crippen LogP contribution < -0.4 is 5.32 Å². The Morgan fingerprint density at radius 1 is 1.21 bits per heavy atom. The van der Waals surface area contributed by atoms with E-state index >= 15 is 0 Å². The summed E-state index contributed by atoms with van der Waals surface area (Å²) < 4.78 is 14.7. The van der Waals surface area contributed by atoms with E-state index in [1.54, 1.807) is 23.7 Å². The third kappa shape index (κ3) is 4.65. The monoisotopic (exact) mass is 429 g/mol. The number of hydrogen-bond acceptors (Lipinski definition) is 3. The maximum absolute atomic E-state index is 13.1. The number of thioether (sulfide) groups is 1. The second-order valence-corrected chi connectivity index (χ2v) is 9.22. The molecule has 0 radical (unpaired) electrons. The fraction of sp³-hybridized carbons (Fsp3) is 0.273. The zero-order valence-corrected chi connectivity index (χ0v) is 17.6. The summed E-state index contributed by atoms with van der Waals surface area (Å²) in [7, 11) is 0. The van der Waals surface area contributed by atoms with Crippen molar-refractivity contribution in [2.24, 2.45) is 0 Å². The van der Waals surface area contributed by atoms with Gasteiger partial charge in [0, 0.05) is 16.2 Å². The van der Waals surface area contributed by atoms with Crippen LogP contribution in [0, 0.1) is 12.7 Å². The van der Waals surface area contributed by atoms with Gasteiger partial charge >= 0.3 is 0 Å². The Balaban J connectivity index is 1.42. The first-order chi connectivity index (χ1) is 14.0. The Bertz CT molecular complexity index is 1020. The Morgan fingerprint density at radius 2 is 1.90 bits per heavy atom. The van der Waals surface area contributed by atoms with Crippen molar-refractivity contribution in [3.05, 3.63) is 82.4 Å². The number of aryl methyl sites for hydroxylation is 1. The van der Waals surface area contributed by atoms with Crippen LogP contribution in [0.4, 0.5) is 4.39 Å². The highest BCUT2D eigenvalue weighted by atomic mass is 35.5. The van der Waals surface area contributed by atoms with Crippen molar-refractivity contribution in [3.63, 3.8) is 0 Å². The minimum atomic E-state index is -0.293. The molecular formula is C22H21ClFN3OS. The molecular weight excluding hydrogens is 409 g/mol. The Labute approximate surface area is 178 Å². The highest BCUT2D eigenvalue weighted by Gasteiger charge is 2.44. The van der Waals surface area contributed by atoms with E-state index < -0.39 is 0 Å². The maximum atomic E-state index is 13.1. The van der Waals surface area contributed by atoms with Crippen LogP contribution in [0.3, 0.4) is 0 Å². The molecule has 1 aromatic heterocycles. The Hall–Kier alpha value is -2.31. The molecule has 1 N–H and O–H groups in total. The van der Waals surface area contributed by atoms with Gasteiger partial charge in [-0.05, 0) is 49.6 Å². The summed E-state index contributed by atoms with van der Waals surface area (Å²) in [5.41, 5.74) is 1.84. The van der Waals surface area contributed by atoms with Gasteiger partial charge < -0.3 is 5.32 Å². The summed E-state index contributed by atoms with van der Waals surface area (Å²) in [6, 6.07) is 16.4. The summed E-state index contributed by atoms with van der Waals surface area (Å²) >= 11 is 8.27. The van der Waals surface area contributed by atoms with Gasteiger partial charge in [0.15, 0.2) is 0 Å². The standard InChI is InChI=1S/C22H21ClFN3OS/c1-15-19(20(23)27(26-15)13-16-7-9-17(24)10-8-16)21(28)25-14-22(11-12-22)29-18-5-3-2-4-6-18/h2-10H,11-14H2,1H3,(H,25,28). The largest absolute Gasteiger partial charge is 0.350 e. The van der Waals surface area contributed by atoms with E-state index in [0.717, 1.165) is 18.4 Å². The molecule has 1 aliphatic carbocycles. The van der Waals surface area contributed by atoms with Crippen LogP contribution in [-0.4, -0.2) is 27.0 Å². The minimum Gasteiger partial charge on any atom is -0.350 e. The molecule has 1 saturated carbocycles. The van der Waals surface area contributed by atoms with E-state index in [9.17, 15) is 9.18 Å².